The van der Waals surface area contributed by atoms with Crippen LogP contribution in [0.5, 0.6) is 5.75 Å². The van der Waals surface area contributed by atoms with Gasteiger partial charge in [-0.25, -0.2) is 0 Å². The van der Waals surface area contributed by atoms with E-state index in [-0.39, 0.29) is 30.9 Å². The van der Waals surface area contributed by atoms with Crippen molar-refractivity contribution >= 4 is 17.5 Å². The molecule has 0 unspecified atom stereocenters. The molecule has 5 heteroatoms. The Kier molecular flexibility index (Phi) is 5.04. The highest BCUT2D eigenvalue weighted by atomic mass is 35.5. The normalized spacial score (nSPS) is 20.9. The maximum absolute atomic E-state index is 12.0. The second-order valence-electron chi connectivity index (χ2n) is 4.87. The lowest BCUT2D eigenvalue weighted by Crippen LogP contribution is -2.34. The van der Waals surface area contributed by atoms with E-state index in [9.17, 15) is 4.79 Å². The fourth-order valence-corrected chi connectivity index (χ4v) is 2.48. The van der Waals surface area contributed by atoms with Gasteiger partial charge in [0.1, 0.15) is 5.75 Å². The fraction of sp³-hybridized carbons (Fsp3) is 0.400. The number of rotatable bonds is 5. The van der Waals surface area contributed by atoms with Gasteiger partial charge >= 0.3 is 0 Å². The Hall–Kier alpha value is -1.52. The number of halogens is 1. The lowest BCUT2D eigenvalue weighted by atomic mass is 10.1. The van der Waals surface area contributed by atoms with E-state index < -0.39 is 0 Å². The van der Waals surface area contributed by atoms with Crippen molar-refractivity contribution in [3.63, 3.8) is 0 Å². The molecule has 0 heterocycles. The zero-order valence-electron chi connectivity index (χ0n) is 11.3. The van der Waals surface area contributed by atoms with Crippen molar-refractivity contribution < 1.29 is 14.6 Å². The molecule has 0 aromatic heterocycles. The first kappa shape index (κ1) is 14.9. The number of hydrogen-bond donors (Lipinski definition) is 2. The summed E-state index contributed by atoms with van der Waals surface area (Å²) in [5.41, 5.74) is 0.769. The molecule has 0 fully saturated rings. The van der Waals surface area contributed by atoms with Crippen LogP contribution in [0.25, 0.3) is 0 Å². The third-order valence-electron chi connectivity index (χ3n) is 3.36. The van der Waals surface area contributed by atoms with Gasteiger partial charge in [0.2, 0.25) is 5.91 Å². The molecular weight excluding hydrogens is 278 g/mol. The Balaban J connectivity index is 1.90. The van der Waals surface area contributed by atoms with Crippen LogP contribution in [-0.4, -0.2) is 30.8 Å². The minimum atomic E-state index is -0.0784. The predicted molar refractivity (Wildman–Crippen MR) is 78.0 cm³/mol. The Morgan fingerprint density at radius 2 is 2.30 bits per heavy atom. The van der Waals surface area contributed by atoms with Gasteiger partial charge in [-0.2, -0.15) is 0 Å². The van der Waals surface area contributed by atoms with E-state index in [1.165, 1.54) is 0 Å². The molecule has 0 saturated carbocycles. The SMILES string of the molecule is COc1ccc(CC(=O)N[C@@H]2C=C[C@H](CO)C2)c(Cl)c1. The van der Waals surface area contributed by atoms with E-state index >= 15 is 0 Å². The van der Waals surface area contributed by atoms with Crippen molar-refractivity contribution in [2.24, 2.45) is 5.92 Å². The second kappa shape index (κ2) is 6.77. The summed E-state index contributed by atoms with van der Waals surface area (Å²) in [5.74, 6) is 0.735. The van der Waals surface area contributed by atoms with E-state index in [0.29, 0.717) is 10.8 Å². The number of hydrogen-bond acceptors (Lipinski definition) is 3. The molecule has 2 rings (SSSR count). The average molecular weight is 296 g/mol. The first-order chi connectivity index (χ1) is 9.62. The predicted octanol–water partition coefficient (Wildman–Crippen LogP) is 1.94. The Labute approximate surface area is 123 Å². The topological polar surface area (TPSA) is 58.6 Å². The van der Waals surface area contributed by atoms with Crippen LogP contribution in [0.4, 0.5) is 0 Å². The summed E-state index contributed by atoms with van der Waals surface area (Å²) in [4.78, 5) is 12.0. The minimum absolute atomic E-state index is 0.00308. The lowest BCUT2D eigenvalue weighted by molar-refractivity contribution is -0.120. The van der Waals surface area contributed by atoms with Gasteiger partial charge in [-0.3, -0.25) is 4.79 Å². The zero-order valence-corrected chi connectivity index (χ0v) is 12.1. The van der Waals surface area contributed by atoms with Crippen molar-refractivity contribution in [1.29, 1.82) is 0 Å². The van der Waals surface area contributed by atoms with E-state index in [0.717, 1.165) is 12.0 Å². The Bertz CT molecular complexity index is 516. The molecule has 0 spiro atoms. The summed E-state index contributed by atoms with van der Waals surface area (Å²) in [6, 6.07) is 5.27. The number of nitrogens with one attached hydrogen (secondary N) is 1. The molecule has 2 atom stereocenters. The Morgan fingerprint density at radius 1 is 1.50 bits per heavy atom. The highest BCUT2D eigenvalue weighted by Crippen LogP contribution is 2.23. The van der Waals surface area contributed by atoms with Crippen LogP contribution in [0.3, 0.4) is 0 Å². The number of benzene rings is 1. The Morgan fingerprint density at radius 3 is 2.90 bits per heavy atom. The molecule has 20 heavy (non-hydrogen) atoms. The van der Waals surface area contributed by atoms with E-state index in [1.807, 2.05) is 12.2 Å². The molecule has 1 aliphatic rings. The van der Waals surface area contributed by atoms with Gasteiger partial charge in [-0.05, 0) is 24.1 Å². The molecule has 1 aromatic carbocycles. The number of aliphatic hydroxyl groups excluding tert-OH is 1. The summed E-state index contributed by atoms with van der Waals surface area (Å²) in [6.07, 6.45) is 4.84. The van der Waals surface area contributed by atoms with Crippen LogP contribution in [-0.2, 0) is 11.2 Å². The van der Waals surface area contributed by atoms with Crippen molar-refractivity contribution in [3.8, 4) is 5.75 Å². The molecule has 1 aliphatic carbocycles. The number of carbonyl (C=O) groups is 1. The van der Waals surface area contributed by atoms with Gasteiger partial charge in [0.05, 0.1) is 13.5 Å². The van der Waals surface area contributed by atoms with Gasteiger partial charge in [0.15, 0.2) is 0 Å². The molecular formula is C15H18ClNO3. The molecule has 108 valence electrons. The van der Waals surface area contributed by atoms with E-state index in [4.69, 9.17) is 21.4 Å². The number of ether oxygens (including phenoxy) is 1. The highest BCUT2D eigenvalue weighted by molar-refractivity contribution is 6.31. The van der Waals surface area contributed by atoms with Gasteiger partial charge < -0.3 is 15.2 Å². The third kappa shape index (κ3) is 3.74. The maximum Gasteiger partial charge on any atom is 0.224 e. The standard InChI is InChI=1S/C15H18ClNO3/c1-20-13-5-3-11(14(16)8-13)7-15(19)17-12-4-2-10(6-12)9-18/h2-5,8,10,12,18H,6-7,9H2,1H3,(H,17,19)/t10-,12+/m0/s1. The number of methoxy groups -OCH3 is 1. The number of aliphatic hydroxyl groups is 1. The molecule has 0 saturated heterocycles. The smallest absolute Gasteiger partial charge is 0.224 e. The largest absolute Gasteiger partial charge is 0.497 e. The van der Waals surface area contributed by atoms with Crippen molar-refractivity contribution in [1.82, 2.24) is 5.32 Å². The monoisotopic (exact) mass is 295 g/mol. The van der Waals surface area contributed by atoms with Crippen molar-refractivity contribution in [2.45, 2.75) is 18.9 Å². The van der Waals surface area contributed by atoms with Crippen molar-refractivity contribution in [3.05, 3.63) is 40.9 Å². The minimum Gasteiger partial charge on any atom is -0.497 e. The van der Waals surface area contributed by atoms with Crippen LogP contribution in [0.1, 0.15) is 12.0 Å². The lowest BCUT2D eigenvalue weighted by Gasteiger charge is -2.13. The second-order valence-corrected chi connectivity index (χ2v) is 5.28. The van der Waals surface area contributed by atoms with Crippen LogP contribution in [0.15, 0.2) is 30.4 Å². The first-order valence-corrected chi connectivity index (χ1v) is 6.91. The molecule has 0 aliphatic heterocycles. The molecule has 2 N–H and O–H groups in total. The van der Waals surface area contributed by atoms with Crippen LogP contribution in [0.2, 0.25) is 5.02 Å². The fourth-order valence-electron chi connectivity index (χ4n) is 2.25. The van der Waals surface area contributed by atoms with Crippen LogP contribution < -0.4 is 10.1 Å². The van der Waals surface area contributed by atoms with Crippen LogP contribution in [0, 0.1) is 5.92 Å². The van der Waals surface area contributed by atoms with Gasteiger partial charge in [-0.1, -0.05) is 29.8 Å². The highest BCUT2D eigenvalue weighted by Gasteiger charge is 2.20. The molecule has 4 nitrogen and oxygen atoms in total. The number of amides is 1. The van der Waals surface area contributed by atoms with E-state index in [2.05, 4.69) is 5.32 Å². The van der Waals surface area contributed by atoms with Gasteiger partial charge in [0, 0.05) is 23.6 Å². The molecule has 0 bridgehead atoms. The molecule has 1 aromatic rings. The summed E-state index contributed by atoms with van der Waals surface area (Å²) >= 11 is 6.11. The summed E-state index contributed by atoms with van der Waals surface area (Å²) in [6.45, 7) is 0.118. The first-order valence-electron chi connectivity index (χ1n) is 6.53. The summed E-state index contributed by atoms with van der Waals surface area (Å²) < 4.78 is 5.07. The van der Waals surface area contributed by atoms with Gasteiger partial charge in [-0.15, -0.1) is 0 Å². The van der Waals surface area contributed by atoms with Crippen LogP contribution >= 0.6 is 11.6 Å². The van der Waals surface area contributed by atoms with Crippen molar-refractivity contribution in [2.75, 3.05) is 13.7 Å². The van der Waals surface area contributed by atoms with E-state index in [1.54, 1.807) is 25.3 Å². The molecule has 0 radical (unpaired) electrons. The summed E-state index contributed by atoms with van der Waals surface area (Å²) in [5, 5.41) is 12.5. The zero-order chi connectivity index (χ0) is 14.5. The third-order valence-corrected chi connectivity index (χ3v) is 3.72. The van der Waals surface area contributed by atoms with Gasteiger partial charge in [0.25, 0.3) is 0 Å². The number of carbonyl (C=O) groups excluding carboxylic acids is 1. The summed E-state index contributed by atoms with van der Waals surface area (Å²) in [7, 11) is 1.57. The average Bonchev–Trinajstić information content (AvgIpc) is 2.88. The molecule has 1 amide bonds. The quantitative estimate of drug-likeness (QED) is 0.816. The maximum atomic E-state index is 12.0.